The maximum Gasteiger partial charge on any atom is 0.324 e. The summed E-state index contributed by atoms with van der Waals surface area (Å²) in [6, 6.07) is 9.56. The average molecular weight is 477 g/mol. The number of rotatable bonds is 5. The van der Waals surface area contributed by atoms with Gasteiger partial charge in [-0.05, 0) is 62.5 Å². The Hall–Kier alpha value is -2.67. The fourth-order valence-electron chi connectivity index (χ4n) is 7.36. The number of fused-ring (bicyclic) bond motifs is 6. The number of likely N-dealkylation sites (tertiary alicyclic amines) is 1. The average Bonchev–Trinajstić information content (AvgIpc) is 3.14. The van der Waals surface area contributed by atoms with Gasteiger partial charge in [-0.1, -0.05) is 48.4 Å². The van der Waals surface area contributed by atoms with Crippen LogP contribution in [0.5, 0.6) is 0 Å². The molecule has 0 radical (unpaired) electrons. The van der Waals surface area contributed by atoms with Crippen molar-refractivity contribution in [2.24, 2.45) is 11.8 Å². The van der Waals surface area contributed by atoms with Crippen molar-refractivity contribution in [3.8, 4) is 0 Å². The zero-order chi connectivity index (χ0) is 23.9. The van der Waals surface area contributed by atoms with Crippen molar-refractivity contribution in [1.82, 2.24) is 20.0 Å². The molecular weight excluding hydrogens is 440 g/mol. The second-order valence-electron chi connectivity index (χ2n) is 11.0. The molecule has 1 aromatic rings. The Morgan fingerprint density at radius 1 is 1.06 bits per heavy atom. The third-order valence-electron chi connectivity index (χ3n) is 8.93. The van der Waals surface area contributed by atoms with Gasteiger partial charge in [-0.2, -0.15) is 0 Å². The van der Waals surface area contributed by atoms with Crippen LogP contribution in [0.2, 0.25) is 0 Å². The number of imide groups is 1. The number of piperidine rings is 3. The number of hydrogen-bond acceptors (Lipinski definition) is 4. The Labute approximate surface area is 207 Å². The second-order valence-corrected chi connectivity index (χ2v) is 11.0. The van der Waals surface area contributed by atoms with Crippen LogP contribution in [0, 0.1) is 11.8 Å². The summed E-state index contributed by atoms with van der Waals surface area (Å²) in [4.78, 5) is 45.1. The van der Waals surface area contributed by atoms with Gasteiger partial charge in [0.1, 0.15) is 6.04 Å². The van der Waals surface area contributed by atoms with E-state index in [-0.39, 0.29) is 30.3 Å². The van der Waals surface area contributed by atoms with Crippen molar-refractivity contribution in [1.29, 1.82) is 0 Å². The molecule has 1 aliphatic carbocycles. The molecule has 1 N–H and O–H groups in total. The minimum atomic E-state index is -0.755. The zero-order valence-electron chi connectivity index (χ0n) is 20.4. The first-order chi connectivity index (χ1) is 17.1. The van der Waals surface area contributed by atoms with E-state index < -0.39 is 6.04 Å². The highest BCUT2D eigenvalue weighted by molar-refractivity contribution is 6.05. The Morgan fingerprint density at radius 2 is 1.91 bits per heavy atom. The van der Waals surface area contributed by atoms with Crippen molar-refractivity contribution in [3.05, 3.63) is 47.5 Å². The summed E-state index contributed by atoms with van der Waals surface area (Å²) in [5.74, 6) is 0.840. The molecule has 0 saturated carbocycles. The highest BCUT2D eigenvalue weighted by atomic mass is 16.2. The quantitative estimate of drug-likeness (QED) is 0.524. The summed E-state index contributed by atoms with van der Waals surface area (Å²) < 4.78 is 0. The Morgan fingerprint density at radius 3 is 2.77 bits per heavy atom. The predicted octanol–water partition coefficient (Wildman–Crippen LogP) is 2.96. The monoisotopic (exact) mass is 476 g/mol. The van der Waals surface area contributed by atoms with Gasteiger partial charge in [0, 0.05) is 25.7 Å². The number of hydrogen-bond donors (Lipinski definition) is 1. The molecule has 5 atom stereocenters. The highest BCUT2D eigenvalue weighted by Gasteiger charge is 2.48. The first kappa shape index (κ1) is 22.8. The van der Waals surface area contributed by atoms with E-state index in [1.165, 1.54) is 42.7 Å². The summed E-state index contributed by atoms with van der Waals surface area (Å²) in [5.41, 5.74) is 2.53. The van der Waals surface area contributed by atoms with E-state index in [4.69, 9.17) is 0 Å². The minimum absolute atomic E-state index is 0.00313. The molecule has 4 aliphatic heterocycles. The lowest BCUT2D eigenvalue weighted by atomic mass is 9.68. The van der Waals surface area contributed by atoms with Crippen LogP contribution in [0.15, 0.2) is 42.0 Å². The number of carbonyl (C=O) groups excluding carboxylic acids is 3. The van der Waals surface area contributed by atoms with E-state index >= 15 is 0 Å². The third kappa shape index (κ3) is 4.28. The van der Waals surface area contributed by atoms with Crippen LogP contribution >= 0.6 is 0 Å². The van der Waals surface area contributed by atoms with Gasteiger partial charge in [0.25, 0.3) is 5.91 Å². The lowest BCUT2D eigenvalue weighted by molar-refractivity contribution is -0.139. The van der Waals surface area contributed by atoms with Crippen LogP contribution in [0.1, 0.15) is 50.5 Å². The Kier molecular flexibility index (Phi) is 6.13. The Balaban J connectivity index is 1.12. The number of nitrogens with one attached hydrogen (secondary N) is 1. The number of amides is 4. The second kappa shape index (κ2) is 9.41. The molecule has 7 heteroatoms. The normalized spacial score (nSPS) is 32.6. The van der Waals surface area contributed by atoms with E-state index in [1.807, 2.05) is 35.2 Å². The van der Waals surface area contributed by atoms with E-state index in [9.17, 15) is 14.4 Å². The molecule has 35 heavy (non-hydrogen) atoms. The van der Waals surface area contributed by atoms with Crippen LogP contribution in [0.25, 0.3) is 0 Å². The maximum absolute atomic E-state index is 13.6. The lowest BCUT2D eigenvalue weighted by Gasteiger charge is -2.54. The maximum atomic E-state index is 13.6. The topological polar surface area (TPSA) is 73.0 Å². The molecule has 4 fully saturated rings. The van der Waals surface area contributed by atoms with Gasteiger partial charge in [-0.25, -0.2) is 4.79 Å². The van der Waals surface area contributed by atoms with Crippen LogP contribution in [-0.4, -0.2) is 76.8 Å². The van der Waals surface area contributed by atoms with Gasteiger partial charge in [-0.15, -0.1) is 0 Å². The van der Waals surface area contributed by atoms with Gasteiger partial charge in [0.15, 0.2) is 0 Å². The van der Waals surface area contributed by atoms with Crippen molar-refractivity contribution in [2.45, 2.75) is 69.5 Å². The van der Waals surface area contributed by atoms with E-state index in [1.54, 1.807) is 0 Å². The molecule has 186 valence electrons. The highest BCUT2D eigenvalue weighted by Crippen LogP contribution is 2.45. The van der Waals surface area contributed by atoms with Gasteiger partial charge in [0.2, 0.25) is 5.91 Å². The molecule has 2 bridgehead atoms. The molecule has 4 heterocycles. The molecule has 4 amide bonds. The standard InChI is InChI=1S/C28H36N4O3/c33-25(17-23-27(34)32(28(35)29-23)14-11-19-7-2-1-3-8-19)31-13-6-9-20-15-21-16-22(26(20)31)18-30-12-5-4-10-24(21)30/h1-3,7-8,15,21-24,26H,4-6,9-14,16-18H2,(H,29,35)/t21-,22-,23+,24-,26-/m0/s1. The first-order valence-corrected chi connectivity index (χ1v) is 13.5. The number of urea groups is 1. The molecule has 0 aromatic heterocycles. The summed E-state index contributed by atoms with van der Waals surface area (Å²) in [6.07, 6.45) is 10.3. The fraction of sp³-hybridized carbons (Fsp3) is 0.607. The van der Waals surface area contributed by atoms with E-state index in [2.05, 4.69) is 16.3 Å². The largest absolute Gasteiger partial charge is 0.336 e. The molecule has 0 unspecified atom stereocenters. The van der Waals surface area contributed by atoms with Gasteiger partial charge in [0.05, 0.1) is 12.5 Å². The third-order valence-corrected chi connectivity index (χ3v) is 8.93. The number of nitrogens with zero attached hydrogens (tertiary/aromatic N) is 3. The zero-order valence-corrected chi connectivity index (χ0v) is 20.4. The fourth-order valence-corrected chi connectivity index (χ4v) is 7.36. The molecule has 6 rings (SSSR count). The van der Waals surface area contributed by atoms with Crippen LogP contribution in [-0.2, 0) is 16.0 Å². The van der Waals surface area contributed by atoms with Crippen molar-refractivity contribution >= 4 is 17.8 Å². The van der Waals surface area contributed by atoms with Crippen LogP contribution in [0.4, 0.5) is 4.79 Å². The van der Waals surface area contributed by atoms with Crippen LogP contribution in [0.3, 0.4) is 0 Å². The van der Waals surface area contributed by atoms with Crippen molar-refractivity contribution in [2.75, 3.05) is 26.2 Å². The van der Waals surface area contributed by atoms with E-state index in [0.717, 1.165) is 31.5 Å². The smallest absolute Gasteiger partial charge is 0.324 e. The Bertz CT molecular complexity index is 1020. The first-order valence-electron chi connectivity index (χ1n) is 13.5. The van der Waals surface area contributed by atoms with Gasteiger partial charge < -0.3 is 10.2 Å². The predicted molar refractivity (Wildman–Crippen MR) is 132 cm³/mol. The van der Waals surface area contributed by atoms with Gasteiger partial charge in [-0.3, -0.25) is 19.4 Å². The SMILES string of the molecule is O=C1N[C@H](CC(=O)N2CCCC3=C[C@H]4C[C@@H](CN5CCCC[C@@H]45)[C@H]32)C(=O)N1CCc1ccccc1. The summed E-state index contributed by atoms with van der Waals surface area (Å²) in [6.45, 7) is 3.35. The molecule has 5 aliphatic rings. The molecule has 7 nitrogen and oxygen atoms in total. The molecule has 1 aromatic carbocycles. The summed E-state index contributed by atoms with van der Waals surface area (Å²) in [7, 11) is 0. The molecule has 0 spiro atoms. The number of benzene rings is 1. The lowest BCUT2D eigenvalue weighted by Crippen LogP contribution is -2.60. The van der Waals surface area contributed by atoms with E-state index in [0.29, 0.717) is 30.8 Å². The minimum Gasteiger partial charge on any atom is -0.336 e. The van der Waals surface area contributed by atoms with Crippen molar-refractivity contribution in [3.63, 3.8) is 0 Å². The van der Waals surface area contributed by atoms with Crippen LogP contribution < -0.4 is 5.32 Å². The summed E-state index contributed by atoms with van der Waals surface area (Å²) in [5, 5.41) is 2.78. The van der Waals surface area contributed by atoms with Crippen molar-refractivity contribution < 1.29 is 14.4 Å². The molecule has 4 saturated heterocycles. The van der Waals surface area contributed by atoms with Gasteiger partial charge >= 0.3 is 6.03 Å². The molecular formula is C28H36N4O3. The summed E-state index contributed by atoms with van der Waals surface area (Å²) >= 11 is 0. The number of carbonyl (C=O) groups is 3.